The Bertz CT molecular complexity index is 280. The Morgan fingerprint density at radius 1 is 1.05 bits per heavy atom. The van der Waals surface area contributed by atoms with Gasteiger partial charge in [-0.25, -0.2) is 12.2 Å². The first-order chi connectivity index (χ1) is 7.91. The Labute approximate surface area is 164 Å². The molecular weight excluding hydrogens is 400 g/mol. The molecule has 1 rings (SSSR count). The molecule has 0 fully saturated rings. The molecule has 1 aliphatic carbocycles. The van der Waals surface area contributed by atoms with Crippen molar-refractivity contribution in [2.75, 3.05) is 0 Å². The second-order valence-corrected chi connectivity index (χ2v) is 10.3. The Balaban J connectivity index is -0.000000154. The molecule has 0 aromatic rings. The van der Waals surface area contributed by atoms with E-state index in [0.717, 1.165) is 6.42 Å². The van der Waals surface area contributed by atoms with Crippen LogP contribution in [0.4, 0.5) is 0 Å². The van der Waals surface area contributed by atoms with Crippen molar-refractivity contribution in [3.05, 3.63) is 29.3 Å². The Kier molecular flexibility index (Phi) is 17.9. The fourth-order valence-electron chi connectivity index (χ4n) is 1.92. The molecule has 0 spiro atoms. The van der Waals surface area contributed by atoms with E-state index in [2.05, 4.69) is 66.8 Å². The first-order valence-electron chi connectivity index (χ1n) is 6.57. The molecule has 6 heteroatoms. The van der Waals surface area contributed by atoms with Gasteiger partial charge in [0.25, 0.3) is 0 Å². The largest absolute Gasteiger partial charge is 4.00 e. The van der Waals surface area contributed by atoms with Crippen LogP contribution >= 0.6 is 0 Å². The van der Waals surface area contributed by atoms with E-state index in [9.17, 15) is 0 Å². The predicted octanol–water partition coefficient (Wildman–Crippen LogP) is -1.01. The summed E-state index contributed by atoms with van der Waals surface area (Å²) in [7, 11) is -1.85. The fraction of sp³-hybridized carbons (Fsp3) is 0.733. The third kappa shape index (κ3) is 23.5. The molecule has 0 aromatic carbocycles. The van der Waals surface area contributed by atoms with E-state index in [1.54, 1.807) is 0 Å². The molecule has 0 N–H and O–H groups in total. The van der Waals surface area contributed by atoms with Crippen LogP contribution in [0.15, 0.2) is 18.2 Å². The maximum atomic E-state index is 5.97. The number of rotatable bonds is 2. The molecule has 0 saturated heterocycles. The van der Waals surface area contributed by atoms with Crippen molar-refractivity contribution in [2.24, 2.45) is 0 Å². The number of nitrogens with zero attached hydrogens (tertiary/aromatic N) is 1. The van der Waals surface area contributed by atoms with Crippen LogP contribution in [0, 0.1) is 6.08 Å². The van der Waals surface area contributed by atoms with Crippen LogP contribution in [0.5, 0.6) is 0 Å². The molecule has 0 bridgehead atoms. The van der Waals surface area contributed by atoms with E-state index >= 15 is 0 Å². The number of allylic oxidation sites excluding steroid dienone is 4. The zero-order valence-electron chi connectivity index (χ0n) is 14.6. The fourth-order valence-corrected chi connectivity index (χ4v) is 5.08. The number of hydrogen-bond donors (Lipinski definition) is 0. The summed E-state index contributed by atoms with van der Waals surface area (Å²) in [6.45, 7) is 16.9. The molecule has 0 heterocycles. The van der Waals surface area contributed by atoms with Gasteiger partial charge in [-0.1, -0.05) is 33.9 Å². The molecule has 0 saturated carbocycles. The second-order valence-electron chi connectivity index (χ2n) is 6.95. The monoisotopic (exact) mass is 427 g/mol. The van der Waals surface area contributed by atoms with Crippen molar-refractivity contribution in [2.45, 2.75) is 72.2 Å². The van der Waals surface area contributed by atoms with E-state index < -0.39 is 8.48 Å². The third-order valence-electron chi connectivity index (χ3n) is 1.75. The quantitative estimate of drug-likeness (QED) is 0.408. The van der Waals surface area contributed by atoms with Gasteiger partial charge in [0, 0.05) is 5.60 Å². The van der Waals surface area contributed by atoms with E-state index in [-0.39, 0.29) is 62.2 Å². The van der Waals surface area contributed by atoms with Crippen LogP contribution in [-0.4, -0.2) is 19.6 Å². The van der Waals surface area contributed by atoms with E-state index in [4.69, 9.17) is 9.41 Å². The van der Waals surface area contributed by atoms with Crippen molar-refractivity contribution in [1.29, 1.82) is 0 Å². The Morgan fingerprint density at radius 3 is 1.71 bits per heavy atom. The summed E-state index contributed by atoms with van der Waals surface area (Å²) in [4.78, 5) is 4.74. The number of halogens is 2. The summed E-state index contributed by atoms with van der Waals surface area (Å²) in [5, 5.41) is 0. The first kappa shape index (κ1) is 30.0. The summed E-state index contributed by atoms with van der Waals surface area (Å²) < 4.78 is 5.97. The topological polar surface area (TPSA) is 23.3 Å². The summed E-state index contributed by atoms with van der Waals surface area (Å²) in [5.74, 6) is 0. The maximum Gasteiger partial charge on any atom is 4.00 e. The predicted molar refractivity (Wildman–Crippen MR) is 83.0 cm³/mol. The minimum atomic E-state index is -1.85. The minimum Gasteiger partial charge on any atom is -1.00 e. The van der Waals surface area contributed by atoms with Gasteiger partial charge in [0.1, 0.15) is 0 Å². The molecule has 0 unspecified atom stereocenters. The average molecular weight is 430 g/mol. The van der Waals surface area contributed by atoms with Crippen LogP contribution in [0.2, 0.25) is 13.1 Å². The summed E-state index contributed by atoms with van der Waals surface area (Å²) in [6.07, 6.45) is 10.0. The third-order valence-corrected chi connectivity index (χ3v) is 4.07. The Hall–Kier alpha value is 1.08. The molecule has 1 aliphatic rings. The molecule has 21 heavy (non-hydrogen) atoms. The summed E-state index contributed by atoms with van der Waals surface area (Å²) >= 11 is 0. The van der Waals surface area contributed by atoms with Crippen LogP contribution in [0.1, 0.15) is 48.0 Å². The average Bonchev–Trinajstić information content (AvgIpc) is 2.47. The van der Waals surface area contributed by atoms with Crippen LogP contribution < -0.4 is 24.8 Å². The van der Waals surface area contributed by atoms with E-state index in [1.165, 1.54) is 0 Å². The molecule has 122 valence electrons. The molecule has 0 aliphatic heterocycles. The normalized spacial score (nSPS) is 13.3. The minimum absolute atomic E-state index is 0. The van der Waals surface area contributed by atoms with Crippen molar-refractivity contribution >= 4 is 8.48 Å². The number of hydrogen-bond acceptors (Lipinski definition) is 1. The van der Waals surface area contributed by atoms with Gasteiger partial charge < -0.3 is 34.2 Å². The van der Waals surface area contributed by atoms with Gasteiger partial charge in [-0.05, 0) is 20.8 Å². The summed E-state index contributed by atoms with van der Waals surface area (Å²) in [6, 6.07) is 0. The zero-order valence-corrected chi connectivity index (χ0v) is 19.5. The van der Waals surface area contributed by atoms with E-state index in [1.807, 2.05) is 12.2 Å². The van der Waals surface area contributed by atoms with Gasteiger partial charge in [-0.2, -0.15) is 6.08 Å². The van der Waals surface area contributed by atoms with Gasteiger partial charge in [-0.15, -0.1) is 12.0 Å². The van der Waals surface area contributed by atoms with Gasteiger partial charge in [-0.3, -0.25) is 6.08 Å². The van der Waals surface area contributed by atoms with Gasteiger partial charge in [0.2, 0.25) is 0 Å². The van der Waals surface area contributed by atoms with Crippen molar-refractivity contribution in [3.63, 3.8) is 0 Å². The van der Waals surface area contributed by atoms with E-state index in [0.29, 0.717) is 0 Å². The van der Waals surface area contributed by atoms with Gasteiger partial charge in [0.05, 0.1) is 8.48 Å². The molecule has 0 aromatic heterocycles. The second kappa shape index (κ2) is 12.5. The molecule has 0 atom stereocenters. The van der Waals surface area contributed by atoms with Gasteiger partial charge in [0.15, 0.2) is 0 Å². The molecular formula is C15H29Cl2NOSiZr. The SMILES string of the molecule is CC(C)(C)[N-][Si](C)(C)OC(C)(C)C.[C-]1=CC=CC1.[Cl-].[Cl-].[Zr+4]. The molecule has 0 amide bonds. The Morgan fingerprint density at radius 2 is 1.52 bits per heavy atom. The standard InChI is InChI=1S/C10H24NOSi.C5H5.2ClH.Zr/c1-9(2,3)11-13(7,8)12-10(4,5)6;1-2-4-5-3-1;;;/h1-8H3;1-3H,4H2;2*1H;/q2*-1;;;+4/p-2. The van der Waals surface area contributed by atoms with Gasteiger partial charge >= 0.3 is 26.2 Å². The molecule has 2 nitrogen and oxygen atoms in total. The summed E-state index contributed by atoms with van der Waals surface area (Å²) in [5.41, 5.74) is -0.0640. The van der Waals surface area contributed by atoms with Crippen LogP contribution in [0.25, 0.3) is 4.98 Å². The van der Waals surface area contributed by atoms with Crippen LogP contribution in [-0.2, 0) is 30.6 Å². The van der Waals surface area contributed by atoms with Crippen molar-refractivity contribution in [1.82, 2.24) is 0 Å². The maximum absolute atomic E-state index is 5.97. The smallest absolute Gasteiger partial charge is 1.00 e. The zero-order chi connectivity index (χ0) is 14.4. The van der Waals surface area contributed by atoms with Crippen molar-refractivity contribution < 1.29 is 55.4 Å². The molecule has 0 radical (unpaired) electrons. The van der Waals surface area contributed by atoms with Crippen molar-refractivity contribution in [3.8, 4) is 0 Å². The van der Waals surface area contributed by atoms with Crippen LogP contribution in [0.3, 0.4) is 0 Å². The first-order valence-corrected chi connectivity index (χ1v) is 9.43.